The normalized spacial score (nSPS) is 17.9. The Balaban J connectivity index is 1.66. The zero-order valence-corrected chi connectivity index (χ0v) is 14.8. The zero-order chi connectivity index (χ0) is 17.8. The van der Waals surface area contributed by atoms with Crippen molar-refractivity contribution in [1.29, 1.82) is 0 Å². The highest BCUT2D eigenvalue weighted by atomic mass is 16.5. The van der Waals surface area contributed by atoms with Gasteiger partial charge < -0.3 is 19.7 Å². The number of ether oxygens (including phenoxy) is 2. The maximum atomic E-state index is 12.7. The Hall–Kier alpha value is -2.44. The number of urea groups is 1. The van der Waals surface area contributed by atoms with E-state index in [0.29, 0.717) is 30.3 Å². The van der Waals surface area contributed by atoms with Crippen LogP contribution >= 0.6 is 0 Å². The van der Waals surface area contributed by atoms with Crippen molar-refractivity contribution in [3.05, 3.63) is 18.2 Å². The molecular weight excluding hydrogens is 322 g/mol. The van der Waals surface area contributed by atoms with E-state index in [4.69, 9.17) is 9.47 Å². The van der Waals surface area contributed by atoms with Gasteiger partial charge in [0.05, 0.1) is 19.9 Å². The summed E-state index contributed by atoms with van der Waals surface area (Å²) in [5, 5.41) is 3.03. The van der Waals surface area contributed by atoms with Gasteiger partial charge in [-0.25, -0.2) is 4.79 Å². The van der Waals surface area contributed by atoms with Crippen LogP contribution in [0.25, 0.3) is 0 Å². The van der Waals surface area contributed by atoms with Crippen LogP contribution in [-0.2, 0) is 4.79 Å². The van der Waals surface area contributed by atoms with Crippen LogP contribution in [0.1, 0.15) is 25.7 Å². The van der Waals surface area contributed by atoms with Crippen molar-refractivity contribution in [2.75, 3.05) is 38.8 Å². The molecule has 1 aliphatic carbocycles. The monoisotopic (exact) mass is 347 g/mol. The molecule has 1 aromatic rings. The third kappa shape index (κ3) is 3.81. The lowest BCUT2D eigenvalue weighted by Crippen LogP contribution is -2.42. The molecule has 1 aromatic carbocycles. The number of rotatable bonds is 6. The highest BCUT2D eigenvalue weighted by Crippen LogP contribution is 2.34. The molecule has 136 valence electrons. The summed E-state index contributed by atoms with van der Waals surface area (Å²) in [6.07, 6.45) is 4.40. The minimum absolute atomic E-state index is 0.0836. The lowest BCUT2D eigenvalue weighted by atomic mass is 10.2. The smallest absolute Gasteiger partial charge is 0.325 e. The molecular formula is C18H25N3O4. The summed E-state index contributed by atoms with van der Waals surface area (Å²) < 4.78 is 10.6. The highest BCUT2D eigenvalue weighted by Gasteiger charge is 2.33. The molecule has 1 saturated heterocycles. The Morgan fingerprint density at radius 1 is 1.20 bits per heavy atom. The molecule has 1 N–H and O–H groups in total. The molecule has 25 heavy (non-hydrogen) atoms. The van der Waals surface area contributed by atoms with Crippen LogP contribution in [0.3, 0.4) is 0 Å². The first-order valence-corrected chi connectivity index (χ1v) is 8.70. The number of nitrogens with zero attached hydrogens (tertiary/aromatic N) is 2. The van der Waals surface area contributed by atoms with Gasteiger partial charge in [-0.05, 0) is 25.0 Å². The van der Waals surface area contributed by atoms with E-state index in [-0.39, 0.29) is 24.5 Å². The van der Waals surface area contributed by atoms with E-state index in [2.05, 4.69) is 5.32 Å². The number of hydrogen-bond acceptors (Lipinski definition) is 4. The lowest BCUT2D eigenvalue weighted by Gasteiger charge is -2.21. The third-order valence-electron chi connectivity index (χ3n) is 4.83. The van der Waals surface area contributed by atoms with E-state index >= 15 is 0 Å². The largest absolute Gasteiger partial charge is 0.497 e. The van der Waals surface area contributed by atoms with Crippen molar-refractivity contribution in [2.45, 2.75) is 31.7 Å². The molecule has 0 aromatic heterocycles. The van der Waals surface area contributed by atoms with Gasteiger partial charge in [0, 0.05) is 25.2 Å². The molecule has 0 spiro atoms. The predicted octanol–water partition coefficient (Wildman–Crippen LogP) is 2.00. The van der Waals surface area contributed by atoms with Crippen LogP contribution in [0.5, 0.6) is 11.5 Å². The number of hydrogen-bond donors (Lipinski definition) is 1. The minimum Gasteiger partial charge on any atom is -0.497 e. The Morgan fingerprint density at radius 3 is 2.64 bits per heavy atom. The fraction of sp³-hybridized carbons (Fsp3) is 0.556. The molecule has 1 aliphatic heterocycles. The van der Waals surface area contributed by atoms with Crippen molar-refractivity contribution in [3.8, 4) is 11.5 Å². The quantitative estimate of drug-likeness (QED) is 0.854. The Morgan fingerprint density at radius 2 is 1.96 bits per heavy atom. The van der Waals surface area contributed by atoms with E-state index in [0.717, 1.165) is 25.7 Å². The summed E-state index contributed by atoms with van der Waals surface area (Å²) in [5.74, 6) is 1.17. The van der Waals surface area contributed by atoms with Crippen molar-refractivity contribution in [1.82, 2.24) is 10.2 Å². The number of benzene rings is 1. The van der Waals surface area contributed by atoms with Crippen LogP contribution in [0.4, 0.5) is 10.5 Å². The molecule has 3 rings (SSSR count). The number of nitrogens with one attached hydrogen (secondary N) is 1. The van der Waals surface area contributed by atoms with Crippen LogP contribution in [-0.4, -0.2) is 56.7 Å². The van der Waals surface area contributed by atoms with Gasteiger partial charge in [0.2, 0.25) is 5.91 Å². The average molecular weight is 347 g/mol. The summed E-state index contributed by atoms with van der Waals surface area (Å²) in [6, 6.07) is 5.42. The zero-order valence-electron chi connectivity index (χ0n) is 14.8. The van der Waals surface area contributed by atoms with Gasteiger partial charge >= 0.3 is 6.03 Å². The number of anilines is 1. The van der Waals surface area contributed by atoms with Crippen molar-refractivity contribution in [3.63, 3.8) is 0 Å². The van der Waals surface area contributed by atoms with Gasteiger partial charge in [-0.3, -0.25) is 9.69 Å². The highest BCUT2D eigenvalue weighted by molar-refractivity contribution is 5.97. The summed E-state index contributed by atoms with van der Waals surface area (Å²) in [5.41, 5.74) is 0.658. The molecule has 1 saturated carbocycles. The second-order valence-corrected chi connectivity index (χ2v) is 6.44. The van der Waals surface area contributed by atoms with Crippen LogP contribution < -0.4 is 19.7 Å². The van der Waals surface area contributed by atoms with E-state index in [9.17, 15) is 9.59 Å². The molecule has 0 bridgehead atoms. The van der Waals surface area contributed by atoms with Gasteiger partial charge in [0.1, 0.15) is 18.0 Å². The lowest BCUT2D eigenvalue weighted by molar-refractivity contribution is -0.122. The Kier molecular flexibility index (Phi) is 5.31. The summed E-state index contributed by atoms with van der Waals surface area (Å²) in [4.78, 5) is 28.1. The number of amides is 3. The maximum absolute atomic E-state index is 12.7. The summed E-state index contributed by atoms with van der Waals surface area (Å²) >= 11 is 0. The number of carbonyl (C=O) groups excluding carboxylic acids is 2. The van der Waals surface area contributed by atoms with Crippen molar-refractivity contribution < 1.29 is 19.1 Å². The van der Waals surface area contributed by atoms with Gasteiger partial charge in [-0.15, -0.1) is 0 Å². The molecule has 3 amide bonds. The van der Waals surface area contributed by atoms with E-state index in [1.807, 2.05) is 0 Å². The van der Waals surface area contributed by atoms with Crippen LogP contribution in [0, 0.1) is 0 Å². The molecule has 1 heterocycles. The number of methoxy groups -OCH3 is 2. The Bertz CT molecular complexity index is 643. The van der Waals surface area contributed by atoms with Crippen molar-refractivity contribution >= 4 is 17.6 Å². The fourth-order valence-electron chi connectivity index (χ4n) is 3.48. The molecule has 0 radical (unpaired) electrons. The second-order valence-electron chi connectivity index (χ2n) is 6.44. The fourth-order valence-corrected chi connectivity index (χ4v) is 3.48. The maximum Gasteiger partial charge on any atom is 0.325 e. The molecule has 7 heteroatoms. The van der Waals surface area contributed by atoms with E-state index in [1.54, 1.807) is 42.2 Å². The molecule has 2 aliphatic rings. The standard InChI is InChI=1S/C18H25N3O4/c1-24-14-7-8-16(25-2)15(11-14)21-10-9-20(18(21)23)12-17(22)19-13-5-3-4-6-13/h7-8,11,13H,3-6,9-10,12H2,1-2H3,(H,19,22). The van der Waals surface area contributed by atoms with Gasteiger partial charge in [0.15, 0.2) is 0 Å². The predicted molar refractivity (Wildman–Crippen MR) is 94.3 cm³/mol. The molecule has 0 atom stereocenters. The van der Waals surface area contributed by atoms with Gasteiger partial charge in [0.25, 0.3) is 0 Å². The SMILES string of the molecule is COc1ccc(OC)c(N2CCN(CC(=O)NC3CCCC3)C2=O)c1. The van der Waals surface area contributed by atoms with Crippen molar-refractivity contribution in [2.24, 2.45) is 0 Å². The summed E-state index contributed by atoms with van der Waals surface area (Å²) in [7, 11) is 3.15. The molecule has 7 nitrogen and oxygen atoms in total. The average Bonchev–Trinajstić information content (AvgIpc) is 3.25. The second kappa shape index (κ2) is 7.63. The van der Waals surface area contributed by atoms with Crippen LogP contribution in [0.2, 0.25) is 0 Å². The first-order chi connectivity index (χ1) is 12.1. The van der Waals surface area contributed by atoms with E-state index in [1.165, 1.54) is 0 Å². The molecule has 0 unspecified atom stereocenters. The summed E-state index contributed by atoms with van der Waals surface area (Å²) in [6.45, 7) is 1.12. The molecule has 2 fully saturated rings. The Labute approximate surface area is 147 Å². The first kappa shape index (κ1) is 17.4. The van der Waals surface area contributed by atoms with Crippen LogP contribution in [0.15, 0.2) is 18.2 Å². The topological polar surface area (TPSA) is 71.1 Å². The van der Waals surface area contributed by atoms with E-state index < -0.39 is 0 Å². The third-order valence-corrected chi connectivity index (χ3v) is 4.83. The number of carbonyl (C=O) groups is 2. The minimum atomic E-state index is -0.187. The van der Waals surface area contributed by atoms with Gasteiger partial charge in [-0.1, -0.05) is 12.8 Å². The first-order valence-electron chi connectivity index (χ1n) is 8.70. The van der Waals surface area contributed by atoms with Gasteiger partial charge in [-0.2, -0.15) is 0 Å².